The van der Waals surface area contributed by atoms with Crippen LogP contribution in [0.1, 0.15) is 26.7 Å². The number of rotatable bonds is 3. The number of ether oxygens (including phenoxy) is 2. The molecule has 108 valence electrons. The summed E-state index contributed by atoms with van der Waals surface area (Å²) in [6, 6.07) is -0.540. The van der Waals surface area contributed by atoms with Crippen molar-refractivity contribution in [2.45, 2.75) is 38.3 Å². The summed E-state index contributed by atoms with van der Waals surface area (Å²) in [4.78, 5) is 26.2. The van der Waals surface area contributed by atoms with Crippen LogP contribution in [0.15, 0.2) is 0 Å². The van der Waals surface area contributed by atoms with Crippen molar-refractivity contribution in [1.82, 2.24) is 10.2 Å². The number of hydrogen-bond acceptors (Lipinski definition) is 5. The van der Waals surface area contributed by atoms with Gasteiger partial charge in [0.25, 0.3) is 5.91 Å². The van der Waals surface area contributed by atoms with Gasteiger partial charge in [0.05, 0.1) is 6.61 Å². The maximum atomic E-state index is 12.6. The van der Waals surface area contributed by atoms with E-state index in [2.05, 4.69) is 5.32 Å². The van der Waals surface area contributed by atoms with Gasteiger partial charge in [0, 0.05) is 26.2 Å². The van der Waals surface area contributed by atoms with E-state index < -0.39 is 11.6 Å². The zero-order chi connectivity index (χ0) is 13.9. The zero-order valence-electron chi connectivity index (χ0n) is 11.6. The van der Waals surface area contributed by atoms with Crippen LogP contribution >= 0.6 is 0 Å². The highest BCUT2D eigenvalue weighted by Gasteiger charge is 2.44. The number of piperazine rings is 1. The van der Waals surface area contributed by atoms with Gasteiger partial charge < -0.3 is 19.7 Å². The Balaban J connectivity index is 2.10. The molecule has 0 aromatic carbocycles. The predicted molar refractivity (Wildman–Crippen MR) is 68.6 cm³/mol. The summed E-state index contributed by atoms with van der Waals surface area (Å²) in [6.07, 6.45) is 1.60. The van der Waals surface area contributed by atoms with Gasteiger partial charge in [-0.15, -0.1) is 0 Å². The van der Waals surface area contributed by atoms with Crippen LogP contribution in [0.2, 0.25) is 0 Å². The fourth-order valence-corrected chi connectivity index (χ4v) is 2.65. The second-order valence-corrected chi connectivity index (χ2v) is 5.15. The molecule has 2 aliphatic heterocycles. The molecule has 0 aromatic rings. The van der Waals surface area contributed by atoms with E-state index in [1.54, 1.807) is 11.8 Å². The largest absolute Gasteiger partial charge is 0.464 e. The molecule has 2 aliphatic rings. The highest BCUT2D eigenvalue weighted by atomic mass is 16.5. The molecule has 1 amide bonds. The number of hydrogen-bond donors (Lipinski definition) is 1. The van der Waals surface area contributed by atoms with Gasteiger partial charge in [-0.3, -0.25) is 4.79 Å². The van der Waals surface area contributed by atoms with Gasteiger partial charge >= 0.3 is 5.97 Å². The molecule has 2 fully saturated rings. The Morgan fingerprint density at radius 2 is 2.32 bits per heavy atom. The van der Waals surface area contributed by atoms with Crippen LogP contribution in [0, 0.1) is 0 Å². The number of nitrogens with zero attached hydrogens (tertiary/aromatic N) is 1. The quantitative estimate of drug-likeness (QED) is 0.727. The van der Waals surface area contributed by atoms with Crippen molar-refractivity contribution in [3.05, 3.63) is 0 Å². The lowest BCUT2D eigenvalue weighted by atomic mass is 9.99. The first-order chi connectivity index (χ1) is 9.08. The summed E-state index contributed by atoms with van der Waals surface area (Å²) in [6.45, 7) is 6.16. The molecule has 2 rings (SSSR count). The van der Waals surface area contributed by atoms with E-state index in [4.69, 9.17) is 9.47 Å². The molecule has 2 saturated heterocycles. The van der Waals surface area contributed by atoms with Crippen LogP contribution in [0.25, 0.3) is 0 Å². The van der Waals surface area contributed by atoms with Gasteiger partial charge in [-0.25, -0.2) is 4.79 Å². The van der Waals surface area contributed by atoms with Crippen LogP contribution < -0.4 is 5.32 Å². The maximum absolute atomic E-state index is 12.6. The van der Waals surface area contributed by atoms with E-state index in [1.165, 1.54) is 0 Å². The molecule has 0 spiro atoms. The van der Waals surface area contributed by atoms with Crippen molar-refractivity contribution in [3.8, 4) is 0 Å². The lowest BCUT2D eigenvalue weighted by Gasteiger charge is -2.38. The lowest BCUT2D eigenvalue weighted by Crippen LogP contribution is -2.61. The first-order valence-corrected chi connectivity index (χ1v) is 6.91. The standard InChI is InChI=1S/C13H22N2O4/c1-3-18-11(16)10-9-14-6-7-15(10)12(17)13(2)5-4-8-19-13/h10,14H,3-9H2,1-2H3. The maximum Gasteiger partial charge on any atom is 0.330 e. The minimum Gasteiger partial charge on any atom is -0.464 e. The topological polar surface area (TPSA) is 67.9 Å². The molecule has 6 nitrogen and oxygen atoms in total. The molecule has 2 heterocycles. The highest BCUT2D eigenvalue weighted by Crippen LogP contribution is 2.28. The average molecular weight is 270 g/mol. The van der Waals surface area contributed by atoms with E-state index in [0.717, 1.165) is 6.42 Å². The Kier molecular flexibility index (Phi) is 4.42. The molecule has 0 saturated carbocycles. The van der Waals surface area contributed by atoms with Crippen molar-refractivity contribution in [3.63, 3.8) is 0 Å². The number of amides is 1. The number of carbonyl (C=O) groups excluding carboxylic acids is 2. The second-order valence-electron chi connectivity index (χ2n) is 5.15. The van der Waals surface area contributed by atoms with Crippen molar-refractivity contribution in [2.75, 3.05) is 32.8 Å². The van der Waals surface area contributed by atoms with Crippen molar-refractivity contribution in [2.24, 2.45) is 0 Å². The summed E-state index contributed by atoms with van der Waals surface area (Å²) < 4.78 is 10.6. The summed E-state index contributed by atoms with van der Waals surface area (Å²) in [5.41, 5.74) is -0.776. The van der Waals surface area contributed by atoms with Gasteiger partial charge in [0.2, 0.25) is 0 Å². The van der Waals surface area contributed by atoms with Crippen molar-refractivity contribution >= 4 is 11.9 Å². The second kappa shape index (κ2) is 5.88. The average Bonchev–Trinajstić information content (AvgIpc) is 2.86. The fourth-order valence-electron chi connectivity index (χ4n) is 2.65. The number of carbonyl (C=O) groups is 2. The Bertz CT molecular complexity index is 353. The molecule has 2 atom stereocenters. The van der Waals surface area contributed by atoms with E-state index in [-0.39, 0.29) is 11.9 Å². The summed E-state index contributed by atoms with van der Waals surface area (Å²) in [5.74, 6) is -0.436. The number of nitrogens with one attached hydrogen (secondary N) is 1. The van der Waals surface area contributed by atoms with Crippen LogP contribution in [-0.4, -0.2) is 61.3 Å². The van der Waals surface area contributed by atoms with Gasteiger partial charge in [-0.1, -0.05) is 0 Å². The van der Waals surface area contributed by atoms with Gasteiger partial charge in [-0.05, 0) is 26.7 Å². The SMILES string of the molecule is CCOC(=O)C1CNCCN1C(=O)C1(C)CCCO1. The molecular weight excluding hydrogens is 248 g/mol. The minimum atomic E-state index is -0.776. The Hall–Kier alpha value is -1.14. The third-order valence-corrected chi connectivity index (χ3v) is 3.73. The molecule has 0 aromatic heterocycles. The Morgan fingerprint density at radius 1 is 1.53 bits per heavy atom. The molecule has 6 heteroatoms. The fraction of sp³-hybridized carbons (Fsp3) is 0.846. The minimum absolute atomic E-state index is 0.0930. The molecule has 1 N–H and O–H groups in total. The first-order valence-electron chi connectivity index (χ1n) is 6.91. The van der Waals surface area contributed by atoms with Gasteiger partial charge in [0.15, 0.2) is 0 Å². The van der Waals surface area contributed by atoms with Crippen LogP contribution in [0.5, 0.6) is 0 Å². The van der Waals surface area contributed by atoms with Crippen LogP contribution in [0.3, 0.4) is 0 Å². The Morgan fingerprint density at radius 3 is 2.95 bits per heavy atom. The molecule has 0 aliphatic carbocycles. The first kappa shape index (κ1) is 14.3. The predicted octanol–water partition coefficient (Wildman–Crippen LogP) is -0.0810. The lowest BCUT2D eigenvalue weighted by molar-refractivity contribution is -0.164. The molecular formula is C13H22N2O4. The third-order valence-electron chi connectivity index (χ3n) is 3.73. The van der Waals surface area contributed by atoms with E-state index >= 15 is 0 Å². The monoisotopic (exact) mass is 270 g/mol. The molecule has 0 bridgehead atoms. The molecule has 0 radical (unpaired) electrons. The van der Waals surface area contributed by atoms with Crippen molar-refractivity contribution in [1.29, 1.82) is 0 Å². The normalized spacial score (nSPS) is 31.3. The van der Waals surface area contributed by atoms with Crippen LogP contribution in [0.4, 0.5) is 0 Å². The molecule has 19 heavy (non-hydrogen) atoms. The third kappa shape index (κ3) is 2.90. The zero-order valence-corrected chi connectivity index (χ0v) is 11.6. The highest BCUT2D eigenvalue weighted by molar-refractivity contribution is 5.90. The van der Waals surface area contributed by atoms with E-state index in [9.17, 15) is 9.59 Å². The smallest absolute Gasteiger partial charge is 0.330 e. The summed E-state index contributed by atoms with van der Waals surface area (Å²) in [5, 5.41) is 3.13. The summed E-state index contributed by atoms with van der Waals surface area (Å²) >= 11 is 0. The van der Waals surface area contributed by atoms with E-state index in [0.29, 0.717) is 39.3 Å². The molecule has 2 unspecified atom stereocenters. The van der Waals surface area contributed by atoms with Gasteiger partial charge in [0.1, 0.15) is 11.6 Å². The summed E-state index contributed by atoms with van der Waals surface area (Å²) in [7, 11) is 0. The Labute approximate surface area is 113 Å². The van der Waals surface area contributed by atoms with Gasteiger partial charge in [-0.2, -0.15) is 0 Å². The van der Waals surface area contributed by atoms with Crippen molar-refractivity contribution < 1.29 is 19.1 Å². The number of esters is 1. The van der Waals surface area contributed by atoms with E-state index in [1.807, 2.05) is 6.92 Å². The van der Waals surface area contributed by atoms with Crippen LogP contribution in [-0.2, 0) is 19.1 Å².